The molecule has 64 heavy (non-hydrogen) atoms. The van der Waals surface area contributed by atoms with Gasteiger partial charge < -0.3 is 56.6 Å². The standard InChI is InChI=1S/C45H76N10O9/c1-12-27(3)45(8)38(55(43(60)64-45)19-14-13-18-54-25-34(51-52-54)31-16-15-17-32(46)20-31)30(6)49-23-26(2)22-44(7,61-11)39(28(4)36(56)29(5)40(58)59)63-41-37(57)35(53(9)10)21-33(62-41)24-50-42(47)48/h15-17,20,25-30,33,35,37-39,41,49,57H,12-14,18-19,21-24,46H2,1-11H3,(H,58,59)(H4,47,48,50)/t26-,27-,28+,29-,30-,33?,35?,37?,38-,39-,41+,44-,45-/m1/s1. The van der Waals surface area contributed by atoms with Gasteiger partial charge in [0.05, 0.1) is 36.6 Å². The van der Waals surface area contributed by atoms with Gasteiger partial charge in [0.1, 0.15) is 23.3 Å². The van der Waals surface area contributed by atoms with Crippen LogP contribution in [0.4, 0.5) is 10.5 Å². The van der Waals surface area contributed by atoms with E-state index in [4.69, 9.17) is 36.1 Å². The summed E-state index contributed by atoms with van der Waals surface area (Å²) in [6.45, 7) is 16.9. The number of rotatable bonds is 25. The van der Waals surface area contributed by atoms with Gasteiger partial charge in [-0.15, -0.1) is 5.10 Å². The number of nitrogens with one attached hydrogen (secondary N) is 1. The molecule has 2 aliphatic heterocycles. The van der Waals surface area contributed by atoms with E-state index in [2.05, 4.69) is 41.4 Å². The fourth-order valence-corrected chi connectivity index (χ4v) is 9.37. The van der Waals surface area contributed by atoms with Gasteiger partial charge in [0, 0.05) is 49.5 Å². The number of hydrogen-bond donors (Lipinski definition) is 6. The van der Waals surface area contributed by atoms with Crippen molar-refractivity contribution in [2.75, 3.05) is 46.6 Å². The van der Waals surface area contributed by atoms with Gasteiger partial charge in [0.2, 0.25) is 0 Å². The van der Waals surface area contributed by atoms with Crippen molar-refractivity contribution < 1.29 is 43.5 Å². The highest BCUT2D eigenvalue weighted by Crippen LogP contribution is 2.40. The van der Waals surface area contributed by atoms with Crippen LogP contribution in [0.15, 0.2) is 35.5 Å². The summed E-state index contributed by atoms with van der Waals surface area (Å²) >= 11 is 0. The van der Waals surface area contributed by atoms with Crippen LogP contribution in [0.25, 0.3) is 11.3 Å². The number of aliphatic hydroxyl groups excluding tert-OH is 1. The van der Waals surface area contributed by atoms with Crippen molar-refractivity contribution in [3.8, 4) is 11.3 Å². The van der Waals surface area contributed by atoms with Crippen molar-refractivity contribution in [1.29, 1.82) is 0 Å². The van der Waals surface area contributed by atoms with Gasteiger partial charge >= 0.3 is 12.1 Å². The zero-order valence-electron chi connectivity index (χ0n) is 39.8. The van der Waals surface area contributed by atoms with Gasteiger partial charge in [-0.1, -0.05) is 45.0 Å². The number of aliphatic carboxylic acids is 1. The molecule has 9 N–H and O–H groups in total. The Bertz CT molecular complexity index is 1880. The number of carbonyl (C=O) groups is 3. The van der Waals surface area contributed by atoms with Gasteiger partial charge in [-0.05, 0) is 104 Å². The van der Waals surface area contributed by atoms with Crippen LogP contribution >= 0.6 is 0 Å². The third-order valence-corrected chi connectivity index (χ3v) is 13.5. The summed E-state index contributed by atoms with van der Waals surface area (Å²) in [6.07, 6.45) is 0.663. The lowest BCUT2D eigenvalue weighted by atomic mass is 9.78. The van der Waals surface area contributed by atoms with Crippen LogP contribution < -0.4 is 22.5 Å². The minimum atomic E-state index is -1.32. The monoisotopic (exact) mass is 901 g/mol. The third kappa shape index (κ3) is 12.7. The van der Waals surface area contributed by atoms with Crippen LogP contribution in [-0.4, -0.2) is 154 Å². The Morgan fingerprint density at radius 1 is 1.16 bits per heavy atom. The summed E-state index contributed by atoms with van der Waals surface area (Å²) in [4.78, 5) is 47.3. The number of ether oxygens (including phenoxy) is 4. The summed E-state index contributed by atoms with van der Waals surface area (Å²) < 4.78 is 27.2. The average molecular weight is 901 g/mol. The van der Waals surface area contributed by atoms with Crippen molar-refractivity contribution >= 4 is 29.5 Å². The number of likely N-dealkylation sites (N-methyl/N-ethyl adjacent to an activating group) is 1. The average Bonchev–Trinajstić information content (AvgIpc) is 3.83. The maximum absolute atomic E-state index is 13.8. The lowest BCUT2D eigenvalue weighted by molar-refractivity contribution is -0.296. The first-order valence-electron chi connectivity index (χ1n) is 22.6. The van der Waals surface area contributed by atoms with E-state index in [1.807, 2.05) is 75.1 Å². The molecule has 0 saturated carbocycles. The Labute approximate surface area is 378 Å². The van der Waals surface area contributed by atoms with E-state index in [-0.39, 0.29) is 42.5 Å². The first kappa shape index (κ1) is 52.2. The van der Waals surface area contributed by atoms with Crippen molar-refractivity contribution in [2.45, 2.75) is 148 Å². The number of unbranched alkanes of at least 4 members (excludes halogenated alkanes) is 1. The molecule has 0 aliphatic carbocycles. The van der Waals surface area contributed by atoms with E-state index in [0.29, 0.717) is 44.6 Å². The molecule has 1 amide bonds. The Kier molecular flexibility index (Phi) is 18.5. The second-order valence-corrected chi connectivity index (χ2v) is 18.7. The number of carboxylic acids is 1. The maximum atomic E-state index is 13.8. The van der Waals surface area contributed by atoms with Crippen LogP contribution in [0.5, 0.6) is 0 Å². The zero-order chi connectivity index (χ0) is 47.7. The quantitative estimate of drug-likeness (QED) is 0.0274. The fraction of sp³-hybridized carbons (Fsp3) is 0.733. The van der Waals surface area contributed by atoms with Crippen LogP contribution in [0.3, 0.4) is 0 Å². The van der Waals surface area contributed by atoms with Crippen LogP contribution in [0, 0.1) is 23.7 Å². The van der Waals surface area contributed by atoms with E-state index in [1.54, 1.807) is 11.6 Å². The van der Waals surface area contributed by atoms with Crippen molar-refractivity contribution in [1.82, 2.24) is 30.1 Å². The first-order valence-corrected chi connectivity index (χ1v) is 22.6. The number of nitrogens with zero attached hydrogens (tertiary/aromatic N) is 6. The third-order valence-electron chi connectivity index (χ3n) is 13.5. The molecule has 19 nitrogen and oxygen atoms in total. The Morgan fingerprint density at radius 3 is 2.45 bits per heavy atom. The van der Waals surface area contributed by atoms with Gasteiger partial charge in [-0.2, -0.15) is 0 Å². The Morgan fingerprint density at radius 2 is 1.84 bits per heavy atom. The number of aromatic nitrogens is 3. The van der Waals surface area contributed by atoms with Crippen molar-refractivity contribution in [3.63, 3.8) is 0 Å². The summed E-state index contributed by atoms with van der Waals surface area (Å²) in [5, 5.41) is 33.7. The first-order chi connectivity index (χ1) is 30.1. The van der Waals surface area contributed by atoms with Crippen molar-refractivity contribution in [2.24, 2.45) is 40.1 Å². The number of nitrogens with two attached hydrogens (primary N) is 3. The summed E-state index contributed by atoms with van der Waals surface area (Å²) in [5.74, 6) is -4.25. The molecule has 2 aromatic rings. The Hall–Kier alpha value is -4.40. The number of guanidine groups is 1. The van der Waals surface area contributed by atoms with Gasteiger partial charge in [0.15, 0.2) is 18.0 Å². The summed E-state index contributed by atoms with van der Waals surface area (Å²) in [6, 6.07) is 6.62. The van der Waals surface area contributed by atoms with Crippen LogP contribution in [0.1, 0.15) is 87.5 Å². The fourth-order valence-electron chi connectivity index (χ4n) is 9.37. The minimum Gasteiger partial charge on any atom is -0.481 e. The molecule has 0 radical (unpaired) electrons. The predicted octanol–water partition coefficient (Wildman–Crippen LogP) is 3.33. The lowest BCUT2D eigenvalue weighted by Gasteiger charge is -2.47. The highest BCUT2D eigenvalue weighted by molar-refractivity contribution is 5.99. The number of aryl methyl sites for hydroxylation is 1. The molecule has 2 aliphatic rings. The molecule has 3 unspecified atom stereocenters. The molecule has 360 valence electrons. The topological polar surface area (TPSA) is 268 Å². The normalized spacial score (nSPS) is 26.4. The smallest absolute Gasteiger partial charge is 0.410 e. The number of benzene rings is 1. The number of ketones is 1. The van der Waals surface area contributed by atoms with E-state index < -0.39 is 65.4 Å². The number of aliphatic imine (C=N–C) groups is 1. The van der Waals surface area contributed by atoms with Crippen LogP contribution in [-0.2, 0) is 35.1 Å². The van der Waals surface area contributed by atoms with Crippen LogP contribution in [0.2, 0.25) is 0 Å². The maximum Gasteiger partial charge on any atom is 0.410 e. The molecule has 2 saturated heterocycles. The number of carboxylic acid groups (broad SMARTS) is 1. The number of anilines is 1. The molecule has 1 aromatic heterocycles. The highest BCUT2D eigenvalue weighted by Gasteiger charge is 2.55. The van der Waals surface area contributed by atoms with E-state index >= 15 is 0 Å². The summed E-state index contributed by atoms with van der Waals surface area (Å²) in [7, 11) is 5.19. The molecule has 0 spiro atoms. The number of nitrogen functional groups attached to an aromatic ring is 1. The van der Waals surface area contributed by atoms with Gasteiger partial charge in [0.25, 0.3) is 0 Å². The number of amides is 1. The second-order valence-electron chi connectivity index (χ2n) is 18.7. The number of methoxy groups -OCH3 is 1. The predicted molar refractivity (Wildman–Crippen MR) is 244 cm³/mol. The number of hydrogen-bond acceptors (Lipinski definition) is 14. The number of cyclic esters (lactones) is 1. The number of Topliss-reactive ketones (excluding diaryl/α,β-unsaturated/α-hetero) is 1. The van der Waals surface area contributed by atoms with Crippen molar-refractivity contribution in [3.05, 3.63) is 30.5 Å². The van der Waals surface area contributed by atoms with E-state index in [1.165, 1.54) is 14.0 Å². The van der Waals surface area contributed by atoms with E-state index in [0.717, 1.165) is 24.1 Å². The molecular weight excluding hydrogens is 825 g/mol. The molecule has 13 atom stereocenters. The second kappa shape index (κ2) is 22.7. The van der Waals surface area contributed by atoms with Gasteiger partial charge in [-0.3, -0.25) is 24.2 Å². The molecule has 4 rings (SSSR count). The summed E-state index contributed by atoms with van der Waals surface area (Å²) in [5.41, 5.74) is 17.6. The molecule has 0 bridgehead atoms. The lowest BCUT2D eigenvalue weighted by Crippen LogP contribution is -2.60. The Balaban J connectivity index is 1.50. The number of carbonyl (C=O) groups excluding carboxylic acids is 2. The molecule has 2 fully saturated rings. The molecule has 3 heterocycles. The molecule has 19 heteroatoms. The molecule has 1 aromatic carbocycles. The highest BCUT2D eigenvalue weighted by atomic mass is 16.7. The zero-order valence-corrected chi connectivity index (χ0v) is 39.8. The van der Waals surface area contributed by atoms with Gasteiger partial charge in [-0.25, -0.2) is 4.79 Å². The van der Waals surface area contributed by atoms with E-state index in [9.17, 15) is 24.6 Å². The largest absolute Gasteiger partial charge is 0.481 e. The molecular formula is C45H76N10O9. The number of aliphatic hydroxyl groups is 1. The SMILES string of the molecule is CC[C@@H](C)[C@@]1(C)OC(=O)N(CCCCn2cc(-c3cccc(N)c3)nn2)[C@@H]1[C@@H](C)NC[C@H](C)C[C@@](C)(OC)[C@H](O[C@@H]1OC(CN=C(N)N)CC(N(C)C)C1O)[C@@H](C)C(=O)[C@@H](C)C(=O)O. The minimum absolute atomic E-state index is 0.0686.